The molecule has 0 radical (unpaired) electrons. The van der Waals surface area contributed by atoms with Crippen molar-refractivity contribution in [2.24, 2.45) is 11.8 Å². The second-order valence-electron chi connectivity index (χ2n) is 6.39. The Morgan fingerprint density at radius 2 is 2.15 bits per heavy atom. The first-order valence-corrected chi connectivity index (χ1v) is 8.78. The number of hydrogen-bond acceptors (Lipinski definition) is 2. The van der Waals surface area contributed by atoms with Crippen LogP contribution in [0.1, 0.15) is 38.2 Å². The van der Waals surface area contributed by atoms with Crippen LogP contribution in [0.15, 0.2) is 29.6 Å². The van der Waals surface area contributed by atoms with Crippen molar-refractivity contribution in [1.82, 2.24) is 5.32 Å². The van der Waals surface area contributed by atoms with Gasteiger partial charge in [-0.3, -0.25) is 0 Å². The summed E-state index contributed by atoms with van der Waals surface area (Å²) in [5, 5.41) is 7.42. The average molecular weight is 287 g/mol. The Morgan fingerprint density at radius 1 is 1.30 bits per heavy atom. The van der Waals surface area contributed by atoms with Gasteiger partial charge in [0.2, 0.25) is 0 Å². The van der Waals surface area contributed by atoms with E-state index in [1.54, 1.807) is 0 Å². The van der Waals surface area contributed by atoms with E-state index in [2.05, 4.69) is 48.9 Å². The third-order valence-corrected chi connectivity index (χ3v) is 5.93. The number of benzene rings is 1. The van der Waals surface area contributed by atoms with E-state index < -0.39 is 0 Å². The minimum atomic E-state index is 0.635. The predicted octanol–water partition coefficient (Wildman–Crippen LogP) is 4.86. The van der Waals surface area contributed by atoms with Crippen LogP contribution in [0.3, 0.4) is 0 Å². The van der Waals surface area contributed by atoms with E-state index in [1.165, 1.54) is 47.8 Å². The Morgan fingerprint density at radius 3 is 2.95 bits per heavy atom. The lowest BCUT2D eigenvalue weighted by molar-refractivity contribution is 0.227. The van der Waals surface area contributed by atoms with Gasteiger partial charge in [-0.1, -0.05) is 38.0 Å². The van der Waals surface area contributed by atoms with Gasteiger partial charge < -0.3 is 5.32 Å². The first kappa shape index (κ1) is 14.1. The molecule has 0 aliphatic heterocycles. The van der Waals surface area contributed by atoms with Crippen LogP contribution in [-0.2, 0) is 6.42 Å². The molecule has 20 heavy (non-hydrogen) atoms. The lowest BCUT2D eigenvalue weighted by Crippen LogP contribution is -2.37. The Labute approximate surface area is 126 Å². The summed E-state index contributed by atoms with van der Waals surface area (Å²) in [7, 11) is 2.14. The van der Waals surface area contributed by atoms with E-state index in [0.717, 1.165) is 11.8 Å². The van der Waals surface area contributed by atoms with Gasteiger partial charge in [-0.25, -0.2) is 0 Å². The van der Waals surface area contributed by atoms with Crippen LogP contribution in [-0.4, -0.2) is 13.1 Å². The highest BCUT2D eigenvalue weighted by atomic mass is 32.1. The monoisotopic (exact) mass is 287 g/mol. The molecule has 1 fully saturated rings. The van der Waals surface area contributed by atoms with Gasteiger partial charge in [0.25, 0.3) is 0 Å². The molecule has 2 heteroatoms. The SMILES string of the molecule is CNC(Cc1csc2ccccc12)C1CCCC(C)C1. The molecule has 1 saturated carbocycles. The van der Waals surface area contributed by atoms with Crippen LogP contribution < -0.4 is 5.32 Å². The van der Waals surface area contributed by atoms with Crippen LogP contribution in [0.5, 0.6) is 0 Å². The zero-order valence-electron chi connectivity index (χ0n) is 12.6. The highest BCUT2D eigenvalue weighted by Crippen LogP contribution is 2.33. The van der Waals surface area contributed by atoms with E-state index in [9.17, 15) is 0 Å². The fraction of sp³-hybridized carbons (Fsp3) is 0.556. The smallest absolute Gasteiger partial charge is 0.0345 e. The summed E-state index contributed by atoms with van der Waals surface area (Å²) in [6.07, 6.45) is 6.81. The quantitative estimate of drug-likeness (QED) is 0.847. The summed E-state index contributed by atoms with van der Waals surface area (Å²) >= 11 is 1.89. The van der Waals surface area contributed by atoms with E-state index in [4.69, 9.17) is 0 Å². The second kappa shape index (κ2) is 6.28. The highest BCUT2D eigenvalue weighted by Gasteiger charge is 2.26. The first-order valence-electron chi connectivity index (χ1n) is 7.90. The maximum absolute atomic E-state index is 3.60. The van der Waals surface area contributed by atoms with Gasteiger partial charge >= 0.3 is 0 Å². The Bertz CT molecular complexity index is 559. The maximum atomic E-state index is 3.60. The van der Waals surface area contributed by atoms with Gasteiger partial charge in [0.15, 0.2) is 0 Å². The number of nitrogens with one attached hydrogen (secondary N) is 1. The highest BCUT2D eigenvalue weighted by molar-refractivity contribution is 7.17. The van der Waals surface area contributed by atoms with Gasteiger partial charge in [-0.2, -0.15) is 0 Å². The lowest BCUT2D eigenvalue weighted by Gasteiger charge is -2.33. The minimum Gasteiger partial charge on any atom is -0.316 e. The van der Waals surface area contributed by atoms with Gasteiger partial charge in [0, 0.05) is 10.7 Å². The van der Waals surface area contributed by atoms with Crippen molar-refractivity contribution in [3.8, 4) is 0 Å². The summed E-state index contributed by atoms with van der Waals surface area (Å²) in [4.78, 5) is 0. The van der Waals surface area contributed by atoms with Crippen molar-refractivity contribution in [1.29, 1.82) is 0 Å². The summed E-state index contributed by atoms with van der Waals surface area (Å²) in [5.41, 5.74) is 1.53. The molecule has 0 saturated heterocycles. The summed E-state index contributed by atoms with van der Waals surface area (Å²) in [6, 6.07) is 9.45. The van der Waals surface area contributed by atoms with Gasteiger partial charge in [0.05, 0.1) is 0 Å². The molecule has 1 N–H and O–H groups in total. The topological polar surface area (TPSA) is 12.0 Å². The molecule has 1 aromatic heterocycles. The van der Waals surface area contributed by atoms with Crippen molar-refractivity contribution < 1.29 is 0 Å². The van der Waals surface area contributed by atoms with Gasteiger partial charge in [-0.15, -0.1) is 11.3 Å². The van der Waals surface area contributed by atoms with Crippen molar-refractivity contribution in [3.05, 3.63) is 35.2 Å². The summed E-state index contributed by atoms with van der Waals surface area (Å²) in [6.45, 7) is 2.42. The minimum absolute atomic E-state index is 0.635. The third kappa shape index (κ3) is 2.91. The Kier molecular flexibility index (Phi) is 4.42. The van der Waals surface area contributed by atoms with Crippen LogP contribution in [0, 0.1) is 11.8 Å². The first-order chi connectivity index (χ1) is 9.78. The molecule has 1 aliphatic carbocycles. The molecule has 2 aromatic rings. The normalized spacial score (nSPS) is 24.9. The molecular formula is C18H25NS. The zero-order chi connectivity index (χ0) is 13.9. The molecule has 1 aliphatic rings. The number of thiophene rings is 1. The molecule has 3 atom stereocenters. The summed E-state index contributed by atoms with van der Waals surface area (Å²) < 4.78 is 1.43. The number of rotatable bonds is 4. The molecule has 0 amide bonds. The molecule has 3 rings (SSSR count). The van der Waals surface area contributed by atoms with Crippen molar-refractivity contribution in [2.75, 3.05) is 7.05 Å². The maximum Gasteiger partial charge on any atom is 0.0345 e. The standard InChI is InChI=1S/C18H25NS/c1-13-6-5-7-14(10-13)17(19-2)11-15-12-20-18-9-4-3-8-16(15)18/h3-4,8-9,12-14,17,19H,5-7,10-11H2,1-2H3. The molecule has 0 spiro atoms. The number of fused-ring (bicyclic) bond motifs is 1. The number of hydrogen-bond donors (Lipinski definition) is 1. The fourth-order valence-electron chi connectivity index (χ4n) is 3.78. The van der Waals surface area contributed by atoms with Gasteiger partial charge in [-0.05, 0) is 60.5 Å². The second-order valence-corrected chi connectivity index (χ2v) is 7.30. The van der Waals surface area contributed by atoms with E-state index >= 15 is 0 Å². The van der Waals surface area contributed by atoms with Crippen LogP contribution in [0.4, 0.5) is 0 Å². The average Bonchev–Trinajstić information content (AvgIpc) is 2.88. The predicted molar refractivity (Wildman–Crippen MR) is 89.5 cm³/mol. The molecular weight excluding hydrogens is 262 g/mol. The zero-order valence-corrected chi connectivity index (χ0v) is 13.4. The molecule has 3 unspecified atom stereocenters. The van der Waals surface area contributed by atoms with Crippen molar-refractivity contribution in [3.63, 3.8) is 0 Å². The molecule has 1 nitrogen and oxygen atoms in total. The van der Waals surface area contributed by atoms with Crippen LogP contribution >= 0.6 is 11.3 Å². The Hall–Kier alpha value is -0.860. The number of likely N-dealkylation sites (N-methyl/N-ethyl adjacent to an activating group) is 1. The van der Waals surface area contributed by atoms with Crippen LogP contribution in [0.25, 0.3) is 10.1 Å². The van der Waals surface area contributed by atoms with E-state index in [-0.39, 0.29) is 0 Å². The fourth-order valence-corrected chi connectivity index (χ4v) is 4.75. The van der Waals surface area contributed by atoms with E-state index in [1.807, 2.05) is 11.3 Å². The Balaban J connectivity index is 1.77. The largest absolute Gasteiger partial charge is 0.316 e. The molecule has 108 valence electrons. The lowest BCUT2D eigenvalue weighted by atomic mass is 9.77. The summed E-state index contributed by atoms with van der Waals surface area (Å²) in [5.74, 6) is 1.76. The van der Waals surface area contributed by atoms with Crippen molar-refractivity contribution >= 4 is 21.4 Å². The van der Waals surface area contributed by atoms with Gasteiger partial charge in [0.1, 0.15) is 0 Å². The van der Waals surface area contributed by atoms with Crippen LogP contribution in [0.2, 0.25) is 0 Å². The van der Waals surface area contributed by atoms with Crippen molar-refractivity contribution in [2.45, 2.75) is 45.1 Å². The van der Waals surface area contributed by atoms with E-state index in [0.29, 0.717) is 6.04 Å². The molecule has 1 aromatic carbocycles. The molecule has 0 bridgehead atoms. The third-order valence-electron chi connectivity index (χ3n) is 4.92. The molecule has 1 heterocycles.